The Hall–Kier alpha value is -2.30. The van der Waals surface area contributed by atoms with Gasteiger partial charge in [0.1, 0.15) is 17.3 Å². The molecule has 142 valence electrons. The van der Waals surface area contributed by atoms with Crippen molar-refractivity contribution < 1.29 is 9.47 Å². The smallest absolute Gasteiger partial charge is 0.148 e. The van der Waals surface area contributed by atoms with Crippen molar-refractivity contribution in [1.82, 2.24) is 9.97 Å². The first-order chi connectivity index (χ1) is 12.6. The summed E-state index contributed by atoms with van der Waals surface area (Å²) in [5.74, 6) is 2.39. The van der Waals surface area contributed by atoms with Crippen LogP contribution in [0.2, 0.25) is 0 Å². The van der Waals surface area contributed by atoms with Gasteiger partial charge in [0.05, 0.1) is 36.9 Å². The number of rotatable bonds is 9. The molecule has 2 rings (SSSR count). The average Bonchev–Trinajstić information content (AvgIpc) is 2.70. The molecule has 0 atom stereocenters. The number of nitrogens with one attached hydrogen (secondary N) is 1. The van der Waals surface area contributed by atoms with Crippen LogP contribution in [0.3, 0.4) is 0 Å². The van der Waals surface area contributed by atoms with Crippen LogP contribution in [-0.2, 0) is 12.8 Å². The number of benzene rings is 1. The fourth-order valence-electron chi connectivity index (χ4n) is 3.08. The minimum Gasteiger partial charge on any atom is -0.496 e. The number of hydrogen-bond acceptors (Lipinski definition) is 5. The molecule has 0 amide bonds. The third kappa shape index (κ3) is 4.09. The molecule has 1 heterocycles. The zero-order valence-electron chi connectivity index (χ0n) is 16.8. The number of aryl methyl sites for hydroxylation is 2. The highest BCUT2D eigenvalue weighted by Crippen LogP contribution is 2.39. The van der Waals surface area contributed by atoms with E-state index in [9.17, 15) is 0 Å². The zero-order chi connectivity index (χ0) is 19.1. The highest BCUT2D eigenvalue weighted by atomic mass is 16.5. The number of anilines is 1. The van der Waals surface area contributed by atoms with Crippen LogP contribution >= 0.6 is 0 Å². The Labute approximate surface area is 157 Å². The van der Waals surface area contributed by atoms with Crippen LogP contribution in [0, 0.1) is 0 Å². The number of ether oxygens (including phenoxy) is 2. The van der Waals surface area contributed by atoms with Crippen molar-refractivity contribution in [3.05, 3.63) is 29.6 Å². The van der Waals surface area contributed by atoms with Gasteiger partial charge in [-0.2, -0.15) is 0 Å². The fraction of sp³-hybridized carbons (Fsp3) is 0.524. The first-order valence-corrected chi connectivity index (χ1v) is 9.50. The van der Waals surface area contributed by atoms with Gasteiger partial charge < -0.3 is 14.8 Å². The predicted molar refractivity (Wildman–Crippen MR) is 107 cm³/mol. The number of hydrogen-bond donors (Lipinski definition) is 1. The second-order valence-corrected chi connectivity index (χ2v) is 6.22. The van der Waals surface area contributed by atoms with Crippen LogP contribution in [0.25, 0.3) is 11.3 Å². The van der Waals surface area contributed by atoms with Gasteiger partial charge in [0.15, 0.2) is 0 Å². The molecule has 0 bridgehead atoms. The van der Waals surface area contributed by atoms with E-state index in [1.165, 1.54) is 0 Å². The van der Waals surface area contributed by atoms with Gasteiger partial charge >= 0.3 is 0 Å². The lowest BCUT2D eigenvalue weighted by atomic mass is 10.0. The van der Waals surface area contributed by atoms with Crippen LogP contribution in [0.5, 0.6) is 11.5 Å². The molecule has 1 aromatic carbocycles. The molecule has 26 heavy (non-hydrogen) atoms. The molecule has 0 radical (unpaired) electrons. The molecule has 0 saturated carbocycles. The van der Waals surface area contributed by atoms with Crippen molar-refractivity contribution in [2.45, 2.75) is 59.4 Å². The number of aromatic nitrogens is 2. The summed E-state index contributed by atoms with van der Waals surface area (Å²) in [5.41, 5.74) is 3.62. The largest absolute Gasteiger partial charge is 0.496 e. The maximum Gasteiger partial charge on any atom is 0.148 e. The van der Waals surface area contributed by atoms with Crippen LogP contribution in [0.15, 0.2) is 18.2 Å². The Morgan fingerprint density at radius 3 is 1.92 bits per heavy atom. The van der Waals surface area contributed by atoms with Gasteiger partial charge in [0, 0.05) is 6.04 Å². The van der Waals surface area contributed by atoms with Crippen molar-refractivity contribution in [3.63, 3.8) is 0 Å². The predicted octanol–water partition coefficient (Wildman–Crippen LogP) is 4.89. The highest BCUT2D eigenvalue weighted by molar-refractivity contribution is 5.76. The third-order valence-corrected chi connectivity index (χ3v) is 4.70. The Morgan fingerprint density at radius 2 is 1.46 bits per heavy atom. The molecule has 2 aromatic rings. The summed E-state index contributed by atoms with van der Waals surface area (Å²) in [6.07, 6.45) is 3.71. The lowest BCUT2D eigenvalue weighted by Gasteiger charge is -2.21. The fourth-order valence-corrected chi connectivity index (χ4v) is 3.08. The summed E-state index contributed by atoms with van der Waals surface area (Å²) >= 11 is 0. The van der Waals surface area contributed by atoms with Crippen molar-refractivity contribution in [3.8, 4) is 22.8 Å². The Kier molecular flexibility index (Phi) is 7.25. The van der Waals surface area contributed by atoms with Crippen molar-refractivity contribution in [1.29, 1.82) is 0 Å². The Balaban J connectivity index is 2.64. The summed E-state index contributed by atoms with van der Waals surface area (Å²) < 4.78 is 11.2. The van der Waals surface area contributed by atoms with Crippen LogP contribution < -0.4 is 14.8 Å². The van der Waals surface area contributed by atoms with Gasteiger partial charge in [-0.15, -0.1) is 0 Å². The minimum atomic E-state index is 0.408. The lowest BCUT2D eigenvalue weighted by molar-refractivity contribution is 0.397. The molecule has 0 unspecified atom stereocenters. The normalized spacial score (nSPS) is 10.9. The number of methoxy groups -OCH3 is 2. The topological polar surface area (TPSA) is 56.3 Å². The van der Waals surface area contributed by atoms with E-state index in [1.54, 1.807) is 14.2 Å². The van der Waals surface area contributed by atoms with E-state index in [-0.39, 0.29) is 0 Å². The molecular weight excluding hydrogens is 326 g/mol. The van der Waals surface area contributed by atoms with Gasteiger partial charge in [-0.05, 0) is 37.8 Å². The van der Waals surface area contributed by atoms with E-state index >= 15 is 0 Å². The quantitative estimate of drug-likeness (QED) is 0.693. The summed E-state index contributed by atoms with van der Waals surface area (Å²) in [7, 11) is 3.34. The van der Waals surface area contributed by atoms with Crippen LogP contribution in [-0.4, -0.2) is 30.2 Å². The van der Waals surface area contributed by atoms with Crippen molar-refractivity contribution in [2.24, 2.45) is 0 Å². The van der Waals surface area contributed by atoms with E-state index in [2.05, 4.69) is 33.0 Å². The molecule has 0 saturated heterocycles. The van der Waals surface area contributed by atoms with Gasteiger partial charge in [-0.25, -0.2) is 9.97 Å². The molecule has 0 aliphatic rings. The molecule has 1 aromatic heterocycles. The van der Waals surface area contributed by atoms with Gasteiger partial charge in [-0.1, -0.05) is 33.8 Å². The maximum absolute atomic E-state index is 5.58. The molecule has 0 aliphatic carbocycles. The van der Waals surface area contributed by atoms with E-state index in [4.69, 9.17) is 19.4 Å². The first kappa shape index (κ1) is 20.0. The SMILES string of the molecule is CCc1nc(-c2c(OC)cccc2OC)c(CC)nc1NC(CC)CC. The monoisotopic (exact) mass is 357 g/mol. The molecule has 1 N–H and O–H groups in total. The van der Waals surface area contributed by atoms with E-state index in [0.29, 0.717) is 6.04 Å². The standard InChI is InChI=1S/C21H31N3O2/c1-7-14(8-2)22-21-16(10-4)23-20(15(9-3)24-21)19-17(25-5)12-11-13-18(19)26-6/h11-14H,7-10H2,1-6H3,(H,22,24). The Bertz CT molecular complexity index is 705. The van der Waals surface area contributed by atoms with Crippen LogP contribution in [0.4, 0.5) is 5.82 Å². The summed E-state index contributed by atoms with van der Waals surface area (Å²) in [6.45, 7) is 8.59. The second kappa shape index (κ2) is 9.41. The molecule has 5 heteroatoms. The molecule has 0 fully saturated rings. The third-order valence-electron chi connectivity index (χ3n) is 4.70. The Morgan fingerprint density at radius 1 is 0.885 bits per heavy atom. The molecule has 0 aliphatic heterocycles. The summed E-state index contributed by atoms with van der Waals surface area (Å²) in [6, 6.07) is 6.19. The number of nitrogens with zero attached hydrogens (tertiary/aromatic N) is 2. The van der Waals surface area contributed by atoms with Gasteiger partial charge in [-0.3, -0.25) is 0 Å². The maximum atomic E-state index is 5.58. The summed E-state index contributed by atoms with van der Waals surface area (Å²) in [4.78, 5) is 9.93. The molecule has 0 spiro atoms. The van der Waals surface area contributed by atoms with E-state index in [1.807, 2.05) is 18.2 Å². The van der Waals surface area contributed by atoms with Crippen molar-refractivity contribution in [2.75, 3.05) is 19.5 Å². The second-order valence-electron chi connectivity index (χ2n) is 6.22. The first-order valence-electron chi connectivity index (χ1n) is 9.50. The van der Waals surface area contributed by atoms with Crippen LogP contribution in [0.1, 0.15) is 51.9 Å². The molecular formula is C21H31N3O2. The van der Waals surface area contributed by atoms with Gasteiger partial charge in [0.2, 0.25) is 0 Å². The average molecular weight is 357 g/mol. The van der Waals surface area contributed by atoms with Gasteiger partial charge in [0.25, 0.3) is 0 Å². The minimum absolute atomic E-state index is 0.408. The summed E-state index contributed by atoms with van der Waals surface area (Å²) in [5, 5.41) is 3.57. The lowest BCUT2D eigenvalue weighted by Crippen LogP contribution is -2.20. The van der Waals surface area contributed by atoms with E-state index in [0.717, 1.165) is 65.6 Å². The molecule has 5 nitrogen and oxygen atoms in total. The van der Waals surface area contributed by atoms with E-state index < -0.39 is 0 Å². The highest BCUT2D eigenvalue weighted by Gasteiger charge is 2.21. The van der Waals surface area contributed by atoms with Crippen molar-refractivity contribution >= 4 is 5.82 Å². The zero-order valence-corrected chi connectivity index (χ0v) is 16.8.